The molecular formula is C28H37N2O2+. The Morgan fingerprint density at radius 2 is 1.56 bits per heavy atom. The molecule has 2 bridgehead atoms. The van der Waals surface area contributed by atoms with E-state index in [4.69, 9.17) is 4.74 Å². The Morgan fingerprint density at radius 1 is 0.938 bits per heavy atom. The van der Waals surface area contributed by atoms with Crippen molar-refractivity contribution in [2.75, 3.05) is 26.2 Å². The third-order valence-corrected chi connectivity index (χ3v) is 8.11. The summed E-state index contributed by atoms with van der Waals surface area (Å²) in [4.78, 5) is 13.7. The molecule has 0 spiro atoms. The van der Waals surface area contributed by atoms with Crippen LogP contribution in [-0.4, -0.2) is 42.6 Å². The van der Waals surface area contributed by atoms with Crippen molar-refractivity contribution in [1.82, 2.24) is 5.32 Å². The first-order chi connectivity index (χ1) is 15.7. The SMILES string of the molecule is CCCCCCC[N+]12CCC(CC1)[C@H](NC(=O)C1c3ccccc3Oc3ccccc31)C2. The summed E-state index contributed by atoms with van der Waals surface area (Å²) in [7, 11) is 0. The summed E-state index contributed by atoms with van der Waals surface area (Å²) in [5.41, 5.74) is 1.95. The molecule has 6 rings (SSSR count). The first kappa shape index (κ1) is 21.5. The molecule has 32 heavy (non-hydrogen) atoms. The summed E-state index contributed by atoms with van der Waals surface area (Å²) in [6, 6.07) is 16.3. The number of carbonyl (C=O) groups is 1. The van der Waals surface area contributed by atoms with Crippen molar-refractivity contribution in [2.24, 2.45) is 5.92 Å². The number of nitrogens with zero attached hydrogens (tertiary/aromatic N) is 1. The highest BCUT2D eigenvalue weighted by atomic mass is 16.5. The van der Waals surface area contributed by atoms with E-state index in [1.807, 2.05) is 48.5 Å². The quantitative estimate of drug-likeness (QED) is 0.433. The van der Waals surface area contributed by atoms with Crippen LogP contribution in [0.5, 0.6) is 11.5 Å². The van der Waals surface area contributed by atoms with Gasteiger partial charge in [-0.25, -0.2) is 0 Å². The summed E-state index contributed by atoms with van der Waals surface area (Å²) in [6.07, 6.45) is 9.20. The van der Waals surface area contributed by atoms with Gasteiger partial charge in [-0.15, -0.1) is 0 Å². The number of rotatable bonds is 8. The molecule has 1 amide bonds. The predicted molar refractivity (Wildman–Crippen MR) is 128 cm³/mol. The first-order valence-electron chi connectivity index (χ1n) is 12.7. The van der Waals surface area contributed by atoms with Gasteiger partial charge in [0.15, 0.2) is 0 Å². The molecule has 2 aromatic carbocycles. The van der Waals surface area contributed by atoms with Gasteiger partial charge in [-0.2, -0.15) is 0 Å². The molecule has 0 aromatic heterocycles. The van der Waals surface area contributed by atoms with E-state index in [1.54, 1.807) is 0 Å². The highest BCUT2D eigenvalue weighted by Crippen LogP contribution is 2.44. The van der Waals surface area contributed by atoms with Crippen molar-refractivity contribution in [2.45, 2.75) is 63.8 Å². The fraction of sp³-hybridized carbons (Fsp3) is 0.536. The van der Waals surface area contributed by atoms with Gasteiger partial charge in [-0.3, -0.25) is 4.79 Å². The number of quaternary nitrogens is 1. The van der Waals surface area contributed by atoms with Crippen LogP contribution in [-0.2, 0) is 4.79 Å². The van der Waals surface area contributed by atoms with Crippen molar-refractivity contribution in [1.29, 1.82) is 0 Å². The maximum Gasteiger partial charge on any atom is 0.232 e. The van der Waals surface area contributed by atoms with Crippen LogP contribution in [0.2, 0.25) is 0 Å². The molecule has 4 aliphatic rings. The van der Waals surface area contributed by atoms with Crippen LogP contribution in [0.25, 0.3) is 0 Å². The Balaban J connectivity index is 1.30. The maximum atomic E-state index is 13.7. The average Bonchev–Trinajstić information content (AvgIpc) is 2.83. The number of fused-ring (bicyclic) bond motifs is 5. The van der Waals surface area contributed by atoms with Gasteiger partial charge in [0, 0.05) is 24.0 Å². The van der Waals surface area contributed by atoms with Crippen molar-refractivity contribution in [3.05, 3.63) is 59.7 Å². The molecule has 4 heteroatoms. The lowest BCUT2D eigenvalue weighted by Crippen LogP contribution is -2.67. The lowest BCUT2D eigenvalue weighted by molar-refractivity contribution is -0.944. The van der Waals surface area contributed by atoms with Crippen LogP contribution in [0, 0.1) is 5.92 Å². The highest BCUT2D eigenvalue weighted by molar-refractivity contribution is 5.89. The first-order valence-corrected chi connectivity index (χ1v) is 12.7. The van der Waals surface area contributed by atoms with Crippen LogP contribution < -0.4 is 10.1 Å². The lowest BCUT2D eigenvalue weighted by atomic mass is 9.80. The minimum absolute atomic E-state index is 0.132. The molecule has 2 aromatic rings. The van der Waals surface area contributed by atoms with Crippen molar-refractivity contribution < 1.29 is 14.0 Å². The van der Waals surface area contributed by atoms with Gasteiger partial charge in [0.1, 0.15) is 11.5 Å². The normalized spacial score (nSPS) is 26.2. The summed E-state index contributed by atoms with van der Waals surface area (Å²) in [5, 5.41) is 3.53. The van der Waals surface area contributed by atoms with Crippen LogP contribution in [0.1, 0.15) is 68.9 Å². The molecule has 0 unspecified atom stereocenters. The Kier molecular flexibility index (Phi) is 6.23. The van der Waals surface area contributed by atoms with Gasteiger partial charge in [0.2, 0.25) is 5.91 Å². The Bertz CT molecular complexity index is 902. The number of piperidine rings is 3. The molecule has 0 radical (unpaired) electrons. The van der Waals surface area contributed by atoms with E-state index in [0.717, 1.165) is 29.2 Å². The second kappa shape index (κ2) is 9.27. The number of benzene rings is 2. The number of nitrogens with one attached hydrogen (secondary N) is 1. The van der Waals surface area contributed by atoms with Gasteiger partial charge in [0.05, 0.1) is 38.1 Å². The van der Waals surface area contributed by atoms with Crippen molar-refractivity contribution >= 4 is 5.91 Å². The van der Waals surface area contributed by atoms with Crippen LogP contribution in [0.3, 0.4) is 0 Å². The number of unbranched alkanes of at least 4 members (excludes halogenated alkanes) is 4. The summed E-state index contributed by atoms with van der Waals surface area (Å²) in [5.74, 6) is 2.07. The van der Waals surface area contributed by atoms with E-state index in [9.17, 15) is 4.79 Å². The second-order valence-electron chi connectivity index (χ2n) is 10.2. The predicted octanol–water partition coefficient (Wildman–Crippen LogP) is 5.62. The fourth-order valence-electron chi connectivity index (χ4n) is 6.27. The number of amides is 1. The van der Waals surface area contributed by atoms with E-state index in [2.05, 4.69) is 12.2 Å². The minimum atomic E-state index is -0.297. The Labute approximate surface area is 192 Å². The smallest absolute Gasteiger partial charge is 0.232 e. The van der Waals surface area contributed by atoms with Gasteiger partial charge >= 0.3 is 0 Å². The van der Waals surface area contributed by atoms with Gasteiger partial charge in [-0.1, -0.05) is 62.6 Å². The van der Waals surface area contributed by atoms with Gasteiger partial charge in [0.25, 0.3) is 0 Å². The zero-order valence-corrected chi connectivity index (χ0v) is 19.4. The Hall–Kier alpha value is -2.33. The number of para-hydroxylation sites is 2. The molecule has 1 atom stereocenters. The lowest BCUT2D eigenvalue weighted by Gasteiger charge is -2.53. The van der Waals surface area contributed by atoms with E-state index in [-0.39, 0.29) is 11.8 Å². The molecule has 4 heterocycles. The third kappa shape index (κ3) is 4.17. The van der Waals surface area contributed by atoms with Crippen LogP contribution in [0.4, 0.5) is 0 Å². The molecule has 170 valence electrons. The van der Waals surface area contributed by atoms with Gasteiger partial charge < -0.3 is 14.5 Å². The summed E-state index contributed by atoms with van der Waals surface area (Å²) in [6.45, 7) is 7.27. The number of ether oxygens (including phenoxy) is 1. The zero-order chi connectivity index (χ0) is 22.0. The van der Waals surface area contributed by atoms with E-state index >= 15 is 0 Å². The Morgan fingerprint density at radius 3 is 2.22 bits per heavy atom. The fourth-order valence-corrected chi connectivity index (χ4v) is 6.27. The second-order valence-corrected chi connectivity index (χ2v) is 10.2. The molecular weight excluding hydrogens is 396 g/mol. The van der Waals surface area contributed by atoms with Crippen LogP contribution in [0.15, 0.2) is 48.5 Å². The summed E-state index contributed by atoms with van der Waals surface area (Å²) < 4.78 is 7.32. The van der Waals surface area contributed by atoms with Crippen molar-refractivity contribution in [3.63, 3.8) is 0 Å². The average molecular weight is 434 g/mol. The third-order valence-electron chi connectivity index (χ3n) is 8.11. The van der Waals surface area contributed by atoms with Crippen molar-refractivity contribution in [3.8, 4) is 11.5 Å². The standard InChI is InChI=1S/C28H36N2O2/c1-2-3-4-5-10-17-30-18-15-21(16-19-30)24(20-30)29-28(31)27-22-11-6-8-13-25(22)32-26-14-9-7-12-23(26)27/h6-9,11-14,21,24,27H,2-5,10,15-20H2,1H3/p+1/t21?,24-,30?/m1/s1. The molecule has 0 saturated carbocycles. The molecule has 0 aliphatic carbocycles. The van der Waals surface area contributed by atoms with E-state index < -0.39 is 0 Å². The maximum absolute atomic E-state index is 13.7. The molecule has 3 saturated heterocycles. The molecule has 3 fully saturated rings. The monoisotopic (exact) mass is 433 g/mol. The summed E-state index contributed by atoms with van der Waals surface area (Å²) >= 11 is 0. The largest absolute Gasteiger partial charge is 0.457 e. The molecule has 4 aliphatic heterocycles. The minimum Gasteiger partial charge on any atom is -0.457 e. The number of carbonyl (C=O) groups excluding carboxylic acids is 1. The van der Waals surface area contributed by atoms with E-state index in [0.29, 0.717) is 12.0 Å². The highest BCUT2D eigenvalue weighted by Gasteiger charge is 2.46. The van der Waals surface area contributed by atoms with Crippen LogP contribution >= 0.6 is 0 Å². The number of hydrogen-bond acceptors (Lipinski definition) is 2. The van der Waals surface area contributed by atoms with Gasteiger partial charge in [-0.05, 0) is 30.9 Å². The topological polar surface area (TPSA) is 38.3 Å². The number of hydrogen-bond donors (Lipinski definition) is 1. The molecule has 1 N–H and O–H groups in total. The van der Waals surface area contributed by atoms with E-state index in [1.165, 1.54) is 69.1 Å². The zero-order valence-electron chi connectivity index (χ0n) is 19.4. The molecule has 4 nitrogen and oxygen atoms in total.